The van der Waals surface area contributed by atoms with E-state index < -0.39 is 5.41 Å². The molecule has 54 heavy (non-hydrogen) atoms. The van der Waals surface area contributed by atoms with Gasteiger partial charge in [-0.25, -0.2) is 9.97 Å². The number of aromatic nitrogens is 2. The lowest BCUT2D eigenvalue weighted by Gasteiger charge is -2.32. The van der Waals surface area contributed by atoms with E-state index in [4.69, 9.17) is 15.4 Å². The molecule has 1 aromatic heterocycles. The van der Waals surface area contributed by atoms with Gasteiger partial charge in [0.15, 0.2) is 5.82 Å². The van der Waals surface area contributed by atoms with E-state index in [1.807, 2.05) is 64.1 Å². The van der Waals surface area contributed by atoms with E-state index in [0.717, 1.165) is 50.2 Å². The van der Waals surface area contributed by atoms with Crippen LogP contribution >= 0.6 is 0 Å². The lowest BCUT2D eigenvalue weighted by molar-refractivity contribution is 0.792. The summed E-state index contributed by atoms with van der Waals surface area (Å²) in [5, 5.41) is 13.6. The summed E-state index contributed by atoms with van der Waals surface area (Å²) in [5.74, 6) is 0.685. The van der Waals surface area contributed by atoms with E-state index in [0.29, 0.717) is 5.82 Å². The molecule has 4 nitrogen and oxygen atoms in total. The fraction of sp³-hybridized carbons (Fsp3) is 0.100. The van der Waals surface area contributed by atoms with Crippen molar-refractivity contribution in [3.05, 3.63) is 192 Å². The molecular weight excluding hydrogens is 657 g/mol. The van der Waals surface area contributed by atoms with E-state index in [1.54, 1.807) is 0 Å². The zero-order valence-electron chi connectivity index (χ0n) is 31.1. The molecular formula is C50H42N4. The summed E-state index contributed by atoms with van der Waals surface area (Å²) in [4.78, 5) is 10.0. The van der Waals surface area contributed by atoms with Crippen molar-refractivity contribution in [2.24, 2.45) is 0 Å². The van der Waals surface area contributed by atoms with Crippen molar-refractivity contribution in [1.82, 2.24) is 9.97 Å². The van der Waals surface area contributed by atoms with Gasteiger partial charge in [-0.1, -0.05) is 155 Å². The van der Waals surface area contributed by atoms with E-state index >= 15 is 0 Å². The van der Waals surface area contributed by atoms with Gasteiger partial charge in [0.25, 0.3) is 0 Å². The van der Waals surface area contributed by atoms with Gasteiger partial charge >= 0.3 is 0 Å². The van der Waals surface area contributed by atoms with Gasteiger partial charge in [-0.2, -0.15) is 0 Å². The number of hydrogen-bond donors (Lipinski definition) is 2. The first-order valence-electron chi connectivity index (χ1n) is 18.9. The summed E-state index contributed by atoms with van der Waals surface area (Å²) in [7, 11) is 0. The second-order valence-corrected chi connectivity index (χ2v) is 13.0. The molecule has 262 valence electrons. The standard InChI is InChI=1S/C46H30N4.2C2H6/c47-28-37-42(48-31-24-22-30(23-25-31)45-49-41-21-11-7-17-36(41)44(50-45)29-12-2-1-3-13-29)27-26-35-34-16-6-10-20-40(34)46(43(35)37)38-18-8-4-14-32(38)33-15-5-9-19-39(33)46;2*1-2/h1-28,47-48H;2*1-2H3. The highest BCUT2D eigenvalue weighted by Gasteiger charge is 2.52. The predicted octanol–water partition coefficient (Wildman–Crippen LogP) is 13.1. The zero-order chi connectivity index (χ0) is 37.2. The topological polar surface area (TPSA) is 61.7 Å². The molecule has 7 aromatic carbocycles. The normalized spacial score (nSPS) is 12.3. The van der Waals surface area contributed by atoms with E-state index in [1.165, 1.54) is 45.2 Å². The fourth-order valence-electron chi connectivity index (χ4n) is 8.36. The third kappa shape index (κ3) is 5.25. The van der Waals surface area contributed by atoms with Crippen LogP contribution in [0.5, 0.6) is 0 Å². The monoisotopic (exact) mass is 698 g/mol. The fourth-order valence-corrected chi connectivity index (χ4v) is 8.36. The Kier molecular flexibility index (Phi) is 9.19. The molecule has 0 amide bonds. The molecule has 2 aliphatic carbocycles. The number of hydrogen-bond acceptors (Lipinski definition) is 4. The van der Waals surface area contributed by atoms with Crippen LogP contribution < -0.4 is 5.32 Å². The second-order valence-electron chi connectivity index (χ2n) is 13.0. The average molecular weight is 699 g/mol. The minimum absolute atomic E-state index is 0.516. The Balaban J connectivity index is 0.00000100. The molecule has 0 fully saturated rings. The number of nitrogens with one attached hydrogen (secondary N) is 2. The molecule has 0 atom stereocenters. The first kappa shape index (κ1) is 34.4. The van der Waals surface area contributed by atoms with Crippen LogP contribution in [-0.2, 0) is 5.41 Å². The number of nitrogens with zero attached hydrogens (tertiary/aromatic N) is 2. The molecule has 1 spiro atoms. The zero-order valence-corrected chi connectivity index (χ0v) is 31.1. The van der Waals surface area contributed by atoms with E-state index in [2.05, 4.69) is 133 Å². The Morgan fingerprint density at radius 1 is 0.500 bits per heavy atom. The molecule has 0 aliphatic heterocycles. The summed E-state index contributed by atoms with van der Waals surface area (Å²) in [6.07, 6.45) is 1.53. The van der Waals surface area contributed by atoms with Crippen LogP contribution in [0.4, 0.5) is 11.4 Å². The summed E-state index contributed by atoms with van der Waals surface area (Å²) >= 11 is 0. The van der Waals surface area contributed by atoms with Crippen LogP contribution in [0.2, 0.25) is 0 Å². The molecule has 4 heteroatoms. The third-order valence-electron chi connectivity index (χ3n) is 10.4. The van der Waals surface area contributed by atoms with Crippen LogP contribution in [0.3, 0.4) is 0 Å². The van der Waals surface area contributed by atoms with Crippen LogP contribution in [0, 0.1) is 5.41 Å². The smallest absolute Gasteiger partial charge is 0.160 e. The maximum Gasteiger partial charge on any atom is 0.160 e. The maximum atomic E-state index is 8.86. The molecule has 0 saturated carbocycles. The van der Waals surface area contributed by atoms with Crippen molar-refractivity contribution in [2.45, 2.75) is 33.1 Å². The first-order chi connectivity index (χ1) is 26.8. The number of rotatable bonds is 5. The van der Waals surface area contributed by atoms with E-state index in [-0.39, 0.29) is 0 Å². The van der Waals surface area contributed by atoms with Crippen molar-refractivity contribution >= 4 is 28.5 Å². The van der Waals surface area contributed by atoms with Gasteiger partial charge in [-0.15, -0.1) is 0 Å². The largest absolute Gasteiger partial charge is 0.355 e. The molecule has 1 heterocycles. The highest BCUT2D eigenvalue weighted by molar-refractivity contribution is 6.03. The molecule has 0 saturated heterocycles. The van der Waals surface area contributed by atoms with Gasteiger partial charge < -0.3 is 10.7 Å². The molecule has 8 aromatic rings. The molecule has 0 unspecified atom stereocenters. The molecule has 2 N–H and O–H groups in total. The SMILES string of the molecule is CC.CC.N=Cc1c(Nc2ccc(-c3nc(-c4ccccc4)c4ccccc4n3)cc2)ccc2c1C1(c3ccccc3-c3ccccc31)c1ccccc1-2. The number of para-hydroxylation sites is 1. The Morgan fingerprint density at radius 3 is 1.65 bits per heavy atom. The van der Waals surface area contributed by atoms with Gasteiger partial charge in [0.1, 0.15) is 0 Å². The third-order valence-corrected chi connectivity index (χ3v) is 10.4. The first-order valence-corrected chi connectivity index (χ1v) is 18.9. The second kappa shape index (κ2) is 14.4. The highest BCUT2D eigenvalue weighted by atomic mass is 14.9. The molecule has 10 rings (SSSR count). The quantitative estimate of drug-likeness (QED) is 0.176. The minimum Gasteiger partial charge on any atom is -0.355 e. The van der Waals surface area contributed by atoms with Crippen LogP contribution in [-0.4, -0.2) is 16.2 Å². The van der Waals surface area contributed by atoms with Crippen LogP contribution in [0.1, 0.15) is 55.5 Å². The molecule has 0 bridgehead atoms. The number of anilines is 2. The van der Waals surface area contributed by atoms with Crippen LogP contribution in [0.25, 0.3) is 55.8 Å². The van der Waals surface area contributed by atoms with Crippen molar-refractivity contribution in [3.8, 4) is 44.9 Å². The molecule has 0 radical (unpaired) electrons. The number of fused-ring (bicyclic) bond motifs is 11. The Labute approximate surface area is 317 Å². The van der Waals surface area contributed by atoms with Gasteiger partial charge in [0.05, 0.1) is 16.6 Å². The van der Waals surface area contributed by atoms with Gasteiger partial charge in [0, 0.05) is 39.7 Å². The summed E-state index contributed by atoms with van der Waals surface area (Å²) < 4.78 is 0. The van der Waals surface area contributed by atoms with Crippen molar-refractivity contribution < 1.29 is 0 Å². The number of benzene rings is 7. The lowest BCUT2D eigenvalue weighted by atomic mass is 9.69. The maximum absolute atomic E-state index is 8.86. The highest BCUT2D eigenvalue weighted by Crippen LogP contribution is 2.63. The van der Waals surface area contributed by atoms with Crippen molar-refractivity contribution in [1.29, 1.82) is 5.41 Å². The van der Waals surface area contributed by atoms with Crippen LogP contribution in [0.15, 0.2) is 164 Å². The minimum atomic E-state index is -0.516. The summed E-state index contributed by atoms with van der Waals surface area (Å²) in [6.45, 7) is 8.00. The van der Waals surface area contributed by atoms with E-state index in [9.17, 15) is 0 Å². The Hall–Kier alpha value is -6.65. The lowest BCUT2D eigenvalue weighted by Crippen LogP contribution is -2.27. The predicted molar refractivity (Wildman–Crippen MR) is 227 cm³/mol. The van der Waals surface area contributed by atoms with Gasteiger partial charge in [-0.3, -0.25) is 0 Å². The van der Waals surface area contributed by atoms with Gasteiger partial charge in [-0.05, 0) is 80.9 Å². The summed E-state index contributed by atoms with van der Waals surface area (Å²) in [5.41, 5.74) is 15.9. The van der Waals surface area contributed by atoms with Crippen molar-refractivity contribution in [2.75, 3.05) is 5.32 Å². The van der Waals surface area contributed by atoms with Crippen molar-refractivity contribution in [3.63, 3.8) is 0 Å². The Morgan fingerprint density at radius 2 is 1.04 bits per heavy atom. The molecule has 2 aliphatic rings. The summed E-state index contributed by atoms with van der Waals surface area (Å²) in [6, 6.07) is 57.4. The average Bonchev–Trinajstić information content (AvgIpc) is 3.73. The Bertz CT molecular complexity index is 2580. The van der Waals surface area contributed by atoms with Gasteiger partial charge in [0.2, 0.25) is 0 Å².